The van der Waals surface area contributed by atoms with Crippen LogP contribution in [-0.2, 0) is 0 Å². The topological polar surface area (TPSA) is 109 Å². The number of aliphatic hydroxyl groups excluding tert-OH is 3. The second kappa shape index (κ2) is 51.5. The molecular formula is C63H120N6O3S9. The van der Waals surface area contributed by atoms with Gasteiger partial charge in [0.05, 0.1) is 18.3 Å². The van der Waals surface area contributed by atoms with Gasteiger partial charge in [0, 0.05) is 73.8 Å². The van der Waals surface area contributed by atoms with Crippen LogP contribution in [0.25, 0.3) is 0 Å². The number of hydrogen-bond acceptors (Lipinski definition) is 15. The summed E-state index contributed by atoms with van der Waals surface area (Å²) in [6.45, 7) is 33.4. The van der Waals surface area contributed by atoms with E-state index in [0.717, 1.165) is 126 Å². The Kier molecular flexibility index (Phi) is 50.7. The van der Waals surface area contributed by atoms with Crippen molar-refractivity contribution in [2.45, 2.75) is 271 Å². The van der Waals surface area contributed by atoms with Crippen LogP contribution in [0.5, 0.6) is 0 Å². The van der Waals surface area contributed by atoms with Gasteiger partial charge < -0.3 is 30.0 Å². The van der Waals surface area contributed by atoms with Crippen LogP contribution >= 0.6 is 107 Å². The van der Waals surface area contributed by atoms with E-state index in [1.807, 2.05) is 0 Å². The molecule has 0 aromatic carbocycles. The normalized spacial score (nSPS) is 13.1. The first kappa shape index (κ1) is 79.7. The average molecular weight is 1300 g/mol. The van der Waals surface area contributed by atoms with Crippen LogP contribution in [0, 0.1) is 35.5 Å². The predicted octanol–water partition coefficient (Wildman–Crippen LogP) is 18.5. The van der Waals surface area contributed by atoms with E-state index in [4.69, 9.17) is 51.6 Å². The Labute approximate surface area is 540 Å². The molecule has 0 spiro atoms. The number of aromatic nitrogens is 3. The summed E-state index contributed by atoms with van der Waals surface area (Å²) in [6, 6.07) is 0. The maximum Gasteiger partial charge on any atom is 0.192 e. The summed E-state index contributed by atoms with van der Waals surface area (Å²) in [5.41, 5.74) is 0. The summed E-state index contributed by atoms with van der Waals surface area (Å²) in [7, 11) is 0. The highest BCUT2D eigenvalue weighted by Crippen LogP contribution is 2.28. The van der Waals surface area contributed by atoms with Gasteiger partial charge in [-0.2, -0.15) is 15.0 Å². The molecule has 3 N–H and O–H groups in total. The summed E-state index contributed by atoms with van der Waals surface area (Å²) in [6.07, 6.45) is 27.3. The summed E-state index contributed by atoms with van der Waals surface area (Å²) < 4.78 is 2.63. The fraction of sp³-hybridized carbons (Fsp3) is 0.905. The maximum absolute atomic E-state index is 11.4. The second-order valence-electron chi connectivity index (χ2n) is 25.2. The SMILES string of the molecule is CC(C)CCCCCN(CCCCCC(C)C)C(=S)SCC(O)CSc1nc(SCC(O)CSC(=S)N(CCCCCC(C)C)CCCCCC(C)C)nc(SCC(O)CSC(=S)N(CCCCCC(C)C)CCCCCC(C)C)n1. The fourth-order valence-corrected chi connectivity index (χ4v) is 15.5. The smallest absolute Gasteiger partial charge is 0.192 e. The number of unbranched alkanes of at least 4 members (excludes halogenated alkanes) is 12. The van der Waals surface area contributed by atoms with Gasteiger partial charge in [0.1, 0.15) is 13.0 Å². The van der Waals surface area contributed by atoms with Crippen molar-refractivity contribution >= 4 is 120 Å². The van der Waals surface area contributed by atoms with Crippen LogP contribution in [0.2, 0.25) is 0 Å². The third-order valence-electron chi connectivity index (χ3n) is 14.0. The summed E-state index contributed by atoms with van der Waals surface area (Å²) in [5.74, 6) is 7.09. The molecule has 1 aromatic heterocycles. The van der Waals surface area contributed by atoms with E-state index in [-0.39, 0.29) is 0 Å². The molecule has 1 aromatic rings. The molecular weight excluding hydrogens is 1180 g/mol. The Morgan fingerprint density at radius 2 is 0.494 bits per heavy atom. The Bertz CT molecular complexity index is 1460. The Morgan fingerprint density at radius 3 is 0.667 bits per heavy atom. The van der Waals surface area contributed by atoms with Crippen LogP contribution in [0.15, 0.2) is 15.5 Å². The van der Waals surface area contributed by atoms with Gasteiger partial charge >= 0.3 is 0 Å². The zero-order valence-corrected chi connectivity index (χ0v) is 60.7. The molecule has 0 saturated heterocycles. The van der Waals surface area contributed by atoms with Crippen molar-refractivity contribution in [3.05, 3.63) is 0 Å². The number of thiocarbonyl (C=S) groups is 3. The standard InChI is InChI=1S/C63H120N6O3S9/c1-49(2)31-19-13-25-37-67(38-26-14-20-32-50(3)4)61(73)79-46-55(70)43-76-58-64-59(77-44-56(71)47-80-62(74)68(39-27-15-21-33-51(5)6)40-28-16-22-34-52(7)8)66-60(65-58)78-45-57(72)48-81-63(75)69(41-29-17-23-35-53(9)10)42-30-18-24-36-54(11)12/h49-57,70-72H,13-48H2,1-12H3. The first-order valence-electron chi connectivity index (χ1n) is 32.1. The lowest BCUT2D eigenvalue weighted by atomic mass is 10.0. The molecule has 0 radical (unpaired) electrons. The van der Waals surface area contributed by atoms with Gasteiger partial charge in [-0.25, -0.2) is 0 Å². The lowest BCUT2D eigenvalue weighted by Crippen LogP contribution is -2.31. The van der Waals surface area contributed by atoms with Crippen LogP contribution in [0.1, 0.15) is 237 Å². The minimum Gasteiger partial charge on any atom is -0.391 e. The molecule has 0 aliphatic rings. The molecule has 0 aliphatic carbocycles. The number of aliphatic hydroxyl groups is 3. The third-order valence-corrected chi connectivity index (χ3v) is 22.0. The van der Waals surface area contributed by atoms with Crippen LogP contribution < -0.4 is 0 Å². The molecule has 0 fully saturated rings. The van der Waals surface area contributed by atoms with Crippen LogP contribution in [-0.4, -0.2) is 150 Å². The molecule has 3 unspecified atom stereocenters. The molecule has 1 rings (SSSR count). The van der Waals surface area contributed by atoms with Crippen molar-refractivity contribution in [2.24, 2.45) is 35.5 Å². The van der Waals surface area contributed by atoms with Crippen molar-refractivity contribution in [2.75, 3.05) is 73.8 Å². The highest BCUT2D eigenvalue weighted by molar-refractivity contribution is 8.23. The van der Waals surface area contributed by atoms with Crippen molar-refractivity contribution < 1.29 is 15.3 Å². The largest absolute Gasteiger partial charge is 0.391 e. The quantitative estimate of drug-likeness (QED) is 0.0327. The minimum atomic E-state index is -0.620. The van der Waals surface area contributed by atoms with E-state index >= 15 is 0 Å². The predicted molar refractivity (Wildman–Crippen MR) is 380 cm³/mol. The van der Waals surface area contributed by atoms with Gasteiger partial charge in [0.15, 0.2) is 15.5 Å². The van der Waals surface area contributed by atoms with Gasteiger partial charge in [-0.05, 0) is 74.0 Å². The van der Waals surface area contributed by atoms with E-state index in [2.05, 4.69) is 97.8 Å². The zero-order valence-electron chi connectivity index (χ0n) is 53.4. The maximum atomic E-state index is 11.4. The Morgan fingerprint density at radius 1 is 0.309 bits per heavy atom. The van der Waals surface area contributed by atoms with Gasteiger partial charge in [-0.15, -0.1) is 0 Å². The third kappa shape index (κ3) is 47.4. The molecule has 474 valence electrons. The molecule has 9 nitrogen and oxygen atoms in total. The Hall–Kier alpha value is 0.660. The molecule has 0 saturated carbocycles. The molecule has 0 amide bonds. The molecule has 81 heavy (non-hydrogen) atoms. The highest BCUT2D eigenvalue weighted by atomic mass is 32.2. The van der Waals surface area contributed by atoms with Crippen molar-refractivity contribution in [3.8, 4) is 0 Å². The molecule has 18 heteroatoms. The van der Waals surface area contributed by atoms with E-state index in [1.54, 1.807) is 35.3 Å². The van der Waals surface area contributed by atoms with Crippen molar-refractivity contribution in [1.82, 2.24) is 29.7 Å². The molecule has 1 heterocycles. The van der Waals surface area contributed by atoms with Crippen molar-refractivity contribution in [1.29, 1.82) is 0 Å². The molecule has 0 aliphatic heterocycles. The summed E-state index contributed by atoms with van der Waals surface area (Å²) >= 11 is 27.1. The first-order chi connectivity index (χ1) is 38.6. The molecule has 3 atom stereocenters. The highest BCUT2D eigenvalue weighted by Gasteiger charge is 2.20. The van der Waals surface area contributed by atoms with Gasteiger partial charge in [-0.1, -0.05) is 306 Å². The lowest BCUT2D eigenvalue weighted by molar-refractivity contribution is 0.225. The van der Waals surface area contributed by atoms with E-state index < -0.39 is 18.3 Å². The monoisotopic (exact) mass is 1300 g/mol. The Balaban J connectivity index is 3.14. The number of rotatable bonds is 51. The number of hydrogen-bond donors (Lipinski definition) is 3. The lowest BCUT2D eigenvalue weighted by Gasteiger charge is -2.25. The van der Waals surface area contributed by atoms with Gasteiger partial charge in [-0.3, -0.25) is 0 Å². The van der Waals surface area contributed by atoms with E-state index in [0.29, 0.717) is 50.0 Å². The fourth-order valence-electron chi connectivity index (χ4n) is 9.02. The number of thioether (sulfide) groups is 6. The summed E-state index contributed by atoms with van der Waals surface area (Å²) in [5, 5.41) is 35.7. The van der Waals surface area contributed by atoms with Crippen LogP contribution in [0.3, 0.4) is 0 Å². The zero-order chi connectivity index (χ0) is 60.2. The van der Waals surface area contributed by atoms with Gasteiger partial charge in [0.25, 0.3) is 0 Å². The van der Waals surface area contributed by atoms with Crippen molar-refractivity contribution in [3.63, 3.8) is 0 Å². The van der Waals surface area contributed by atoms with E-state index in [1.165, 1.54) is 151 Å². The van der Waals surface area contributed by atoms with E-state index in [9.17, 15) is 15.3 Å². The molecule has 0 bridgehead atoms. The average Bonchev–Trinajstić information content (AvgIpc) is 3.41. The van der Waals surface area contributed by atoms with Crippen LogP contribution in [0.4, 0.5) is 0 Å². The summed E-state index contributed by atoms with van der Waals surface area (Å²) in [4.78, 5) is 21.7. The minimum absolute atomic E-state index is 0.406. The van der Waals surface area contributed by atoms with Gasteiger partial charge in [0.2, 0.25) is 0 Å². The first-order valence-corrected chi connectivity index (χ1v) is 39.2. The second-order valence-corrected chi connectivity index (χ2v) is 33.2. The number of nitrogens with zero attached hydrogens (tertiary/aromatic N) is 6.